The number of morpholine rings is 1. The average Bonchev–Trinajstić information content (AvgIpc) is 3.26. The molecule has 26 heavy (non-hydrogen) atoms. The molecule has 2 atom stereocenters. The Morgan fingerprint density at radius 1 is 1.35 bits per heavy atom. The van der Waals surface area contributed by atoms with Crippen molar-refractivity contribution in [1.82, 2.24) is 29.8 Å². The summed E-state index contributed by atoms with van der Waals surface area (Å²) in [6, 6.07) is 0.149. The lowest BCUT2D eigenvalue weighted by atomic mass is 10.0. The fourth-order valence-electron chi connectivity index (χ4n) is 3.58. The van der Waals surface area contributed by atoms with Gasteiger partial charge >= 0.3 is 0 Å². The lowest BCUT2D eigenvalue weighted by Crippen LogP contribution is -2.47. The van der Waals surface area contributed by atoms with E-state index in [2.05, 4.69) is 43.6 Å². The van der Waals surface area contributed by atoms with Gasteiger partial charge in [-0.05, 0) is 13.5 Å². The second kappa shape index (κ2) is 7.00. The molecule has 0 bridgehead atoms. The van der Waals surface area contributed by atoms with E-state index in [1.807, 2.05) is 24.9 Å². The second-order valence-electron chi connectivity index (χ2n) is 6.48. The number of fused-ring (bicyclic) bond motifs is 1. The van der Waals surface area contributed by atoms with Crippen molar-refractivity contribution in [2.75, 3.05) is 31.6 Å². The Hall–Kier alpha value is -2.52. The summed E-state index contributed by atoms with van der Waals surface area (Å²) in [6.07, 6.45) is 5.44. The van der Waals surface area contributed by atoms with Gasteiger partial charge in [-0.1, -0.05) is 12.1 Å². The van der Waals surface area contributed by atoms with E-state index in [0.717, 1.165) is 35.6 Å². The minimum absolute atomic E-state index is 0.0157. The van der Waals surface area contributed by atoms with Gasteiger partial charge < -0.3 is 14.6 Å². The third kappa shape index (κ3) is 3.04. The maximum Gasteiger partial charge on any atom is 0.263 e. The molecule has 0 aliphatic carbocycles. The number of aromatic nitrogens is 5. The molecule has 4 heterocycles. The highest BCUT2D eigenvalue weighted by Crippen LogP contribution is 2.30. The Bertz CT molecular complexity index is 890. The molecule has 4 rings (SSSR count). The fourth-order valence-corrected chi connectivity index (χ4v) is 3.58. The maximum absolute atomic E-state index is 6.11. The maximum atomic E-state index is 6.11. The highest BCUT2D eigenvalue weighted by Gasteiger charge is 2.33. The zero-order chi connectivity index (χ0) is 18.1. The van der Waals surface area contributed by atoms with E-state index >= 15 is 0 Å². The summed E-state index contributed by atoms with van der Waals surface area (Å²) < 4.78 is 13.2. The zero-order valence-corrected chi connectivity index (χ0v) is 15.2. The quantitative estimate of drug-likeness (QED) is 0.735. The summed E-state index contributed by atoms with van der Waals surface area (Å²) in [5.41, 5.74) is 2.42. The second-order valence-corrected chi connectivity index (χ2v) is 6.48. The van der Waals surface area contributed by atoms with E-state index in [-0.39, 0.29) is 12.1 Å². The normalized spacial score (nSPS) is 21.3. The number of hydrogen-bond acceptors (Lipinski definition) is 8. The average molecular weight is 357 g/mol. The Morgan fingerprint density at radius 2 is 2.23 bits per heavy atom. The first-order valence-electron chi connectivity index (χ1n) is 8.82. The van der Waals surface area contributed by atoms with Crippen molar-refractivity contribution in [2.24, 2.45) is 7.05 Å². The molecule has 0 unspecified atom stereocenters. The van der Waals surface area contributed by atoms with Crippen LogP contribution in [0.2, 0.25) is 0 Å². The molecule has 1 saturated heterocycles. The van der Waals surface area contributed by atoms with Crippen LogP contribution in [0.4, 0.5) is 5.82 Å². The third-order valence-electron chi connectivity index (χ3n) is 4.84. The molecule has 1 aliphatic rings. The van der Waals surface area contributed by atoms with Crippen LogP contribution in [0.25, 0.3) is 11.1 Å². The van der Waals surface area contributed by atoms with Crippen LogP contribution in [0.3, 0.4) is 0 Å². The van der Waals surface area contributed by atoms with Crippen LogP contribution in [0.5, 0.6) is 0 Å². The van der Waals surface area contributed by atoms with Crippen LogP contribution in [0.15, 0.2) is 23.2 Å². The van der Waals surface area contributed by atoms with Gasteiger partial charge in [0.25, 0.3) is 5.71 Å². The van der Waals surface area contributed by atoms with Crippen molar-refractivity contribution in [2.45, 2.75) is 26.0 Å². The SMILES string of the molecule is CCN1CCO[C@@H](CNc2ncnc3onc(C)c23)[C@@H]1c1cnn(C)c1. The van der Waals surface area contributed by atoms with Crippen LogP contribution in [0, 0.1) is 6.92 Å². The molecule has 0 saturated carbocycles. The van der Waals surface area contributed by atoms with Crippen LogP contribution in [-0.2, 0) is 11.8 Å². The highest BCUT2D eigenvalue weighted by molar-refractivity contribution is 5.87. The van der Waals surface area contributed by atoms with Crippen LogP contribution < -0.4 is 5.32 Å². The molecule has 1 fully saturated rings. The number of aryl methyl sites for hydroxylation is 2. The third-order valence-corrected chi connectivity index (χ3v) is 4.84. The van der Waals surface area contributed by atoms with Gasteiger partial charge in [0.05, 0.1) is 30.6 Å². The lowest BCUT2D eigenvalue weighted by Gasteiger charge is -2.40. The lowest BCUT2D eigenvalue weighted by molar-refractivity contribution is -0.0639. The van der Waals surface area contributed by atoms with Crippen LogP contribution in [0.1, 0.15) is 24.2 Å². The Balaban J connectivity index is 1.58. The Morgan fingerprint density at radius 3 is 3.00 bits per heavy atom. The highest BCUT2D eigenvalue weighted by atomic mass is 16.5. The summed E-state index contributed by atoms with van der Waals surface area (Å²) in [4.78, 5) is 10.9. The number of rotatable bonds is 5. The minimum Gasteiger partial charge on any atom is -0.373 e. The van der Waals surface area contributed by atoms with E-state index in [1.165, 1.54) is 6.33 Å². The molecule has 1 N–H and O–H groups in total. The van der Waals surface area contributed by atoms with E-state index in [0.29, 0.717) is 18.9 Å². The van der Waals surface area contributed by atoms with Gasteiger partial charge in [0.1, 0.15) is 17.5 Å². The molecule has 0 amide bonds. The molecule has 3 aromatic heterocycles. The molecule has 1 aliphatic heterocycles. The van der Waals surface area contributed by atoms with E-state index < -0.39 is 0 Å². The van der Waals surface area contributed by atoms with Gasteiger partial charge in [0.15, 0.2) is 0 Å². The number of hydrogen-bond donors (Lipinski definition) is 1. The topological polar surface area (TPSA) is 94.1 Å². The van der Waals surface area contributed by atoms with E-state index in [1.54, 1.807) is 0 Å². The van der Waals surface area contributed by atoms with Crippen molar-refractivity contribution in [3.8, 4) is 0 Å². The first kappa shape index (κ1) is 16.9. The first-order valence-corrected chi connectivity index (χ1v) is 8.82. The largest absolute Gasteiger partial charge is 0.373 e. The van der Waals surface area contributed by atoms with Gasteiger partial charge in [0, 0.05) is 31.9 Å². The molecule has 0 spiro atoms. The van der Waals surface area contributed by atoms with Gasteiger partial charge in [-0.2, -0.15) is 10.1 Å². The summed E-state index contributed by atoms with van der Waals surface area (Å²) in [5, 5.41) is 12.5. The van der Waals surface area contributed by atoms with Gasteiger partial charge in [-0.3, -0.25) is 9.58 Å². The molecular weight excluding hydrogens is 334 g/mol. The predicted molar refractivity (Wildman–Crippen MR) is 95.8 cm³/mol. The number of nitrogens with zero attached hydrogens (tertiary/aromatic N) is 6. The molecule has 138 valence electrons. The molecule has 3 aromatic rings. The standard InChI is InChI=1S/C17H23N7O2/c1-4-24-5-6-25-13(15(24)12-7-21-23(3)9-12)8-18-16-14-11(2)22-26-17(14)20-10-19-16/h7,9-10,13,15H,4-6,8H2,1-3H3,(H,18,19,20)/t13-,15-/m0/s1. The Kier molecular flexibility index (Phi) is 4.56. The number of ether oxygens (including phenoxy) is 1. The molecule has 9 heteroatoms. The monoisotopic (exact) mass is 357 g/mol. The van der Waals surface area contributed by atoms with Crippen molar-refractivity contribution < 1.29 is 9.26 Å². The van der Waals surface area contributed by atoms with E-state index in [9.17, 15) is 0 Å². The molecule has 9 nitrogen and oxygen atoms in total. The summed E-state index contributed by atoms with van der Waals surface area (Å²) in [6.45, 7) is 7.26. The minimum atomic E-state index is -0.0157. The van der Waals surface area contributed by atoms with Crippen molar-refractivity contribution in [1.29, 1.82) is 0 Å². The van der Waals surface area contributed by atoms with Gasteiger partial charge in [-0.25, -0.2) is 4.98 Å². The van der Waals surface area contributed by atoms with E-state index in [4.69, 9.17) is 9.26 Å². The van der Waals surface area contributed by atoms with Crippen LogP contribution in [-0.4, -0.2) is 62.2 Å². The summed E-state index contributed by atoms with van der Waals surface area (Å²) in [5.74, 6) is 0.718. The van der Waals surface area contributed by atoms with Crippen molar-refractivity contribution in [3.05, 3.63) is 30.0 Å². The number of likely N-dealkylation sites (N-methyl/N-ethyl adjacent to an activating group) is 1. The zero-order valence-electron chi connectivity index (χ0n) is 15.2. The van der Waals surface area contributed by atoms with Gasteiger partial charge in [-0.15, -0.1) is 0 Å². The first-order chi connectivity index (χ1) is 12.7. The smallest absolute Gasteiger partial charge is 0.263 e. The number of anilines is 1. The Labute approximate surface area is 151 Å². The molecular formula is C17H23N7O2. The van der Waals surface area contributed by atoms with Crippen molar-refractivity contribution >= 4 is 16.9 Å². The fraction of sp³-hybridized carbons (Fsp3) is 0.529. The summed E-state index contributed by atoms with van der Waals surface area (Å²) in [7, 11) is 1.93. The van der Waals surface area contributed by atoms with Gasteiger partial charge in [0.2, 0.25) is 0 Å². The van der Waals surface area contributed by atoms with Crippen molar-refractivity contribution in [3.63, 3.8) is 0 Å². The molecule has 0 radical (unpaired) electrons. The predicted octanol–water partition coefficient (Wildman–Crippen LogP) is 1.53. The van der Waals surface area contributed by atoms with Crippen LogP contribution >= 0.6 is 0 Å². The summed E-state index contributed by atoms with van der Waals surface area (Å²) >= 11 is 0. The number of nitrogens with one attached hydrogen (secondary N) is 1. The molecule has 0 aromatic carbocycles.